The van der Waals surface area contributed by atoms with Crippen molar-refractivity contribution in [1.29, 1.82) is 5.26 Å². The predicted octanol–water partition coefficient (Wildman–Crippen LogP) is 2.11. The van der Waals surface area contributed by atoms with Gasteiger partial charge in [-0.15, -0.1) is 4.98 Å². The summed E-state index contributed by atoms with van der Waals surface area (Å²) in [6.45, 7) is 6.55. The van der Waals surface area contributed by atoms with Crippen LogP contribution in [-0.4, -0.2) is 9.97 Å². The fourth-order valence-corrected chi connectivity index (χ4v) is 0.995. The molecule has 7 heteroatoms. The molecular formula is C8H3F3N4. The molecule has 0 radical (unpaired) electrons. The van der Waals surface area contributed by atoms with Gasteiger partial charge in [-0.05, 0) is 0 Å². The summed E-state index contributed by atoms with van der Waals surface area (Å²) < 4.78 is 37.5. The van der Waals surface area contributed by atoms with Gasteiger partial charge in [0, 0.05) is 0 Å². The minimum atomic E-state index is -4.71. The zero-order valence-corrected chi connectivity index (χ0v) is 7.21. The Balaban J connectivity index is 3.44. The van der Waals surface area contributed by atoms with E-state index < -0.39 is 29.7 Å². The van der Waals surface area contributed by atoms with Gasteiger partial charge in [-0.3, -0.25) is 0 Å². The van der Waals surface area contributed by atoms with Gasteiger partial charge in [-0.25, -0.2) is 4.98 Å². The Morgan fingerprint density at radius 3 is 2.60 bits per heavy atom. The molecule has 0 saturated carbocycles. The molecule has 1 aromatic heterocycles. The molecule has 0 atom stereocenters. The molecule has 1 aromatic rings. The highest BCUT2D eigenvalue weighted by molar-refractivity contribution is 5.49. The van der Waals surface area contributed by atoms with Crippen molar-refractivity contribution in [2.75, 3.05) is 0 Å². The lowest BCUT2D eigenvalue weighted by atomic mass is 10.1. The summed E-state index contributed by atoms with van der Waals surface area (Å²) in [6, 6.07) is 1.55. The molecule has 0 spiro atoms. The van der Waals surface area contributed by atoms with Crippen LogP contribution in [0.1, 0.15) is 11.3 Å². The average Bonchev–Trinajstić information content (AvgIpc) is 2.16. The van der Waals surface area contributed by atoms with E-state index in [2.05, 4.69) is 14.8 Å². The third kappa shape index (κ3) is 2.20. The van der Waals surface area contributed by atoms with E-state index in [1.54, 1.807) is 6.07 Å². The number of hydrogen-bond acceptors (Lipinski definition) is 3. The van der Waals surface area contributed by atoms with Crippen molar-refractivity contribution in [2.24, 2.45) is 0 Å². The summed E-state index contributed by atoms with van der Waals surface area (Å²) in [5, 5.41) is 8.32. The second-order valence-corrected chi connectivity index (χ2v) is 2.46. The lowest BCUT2D eigenvalue weighted by Gasteiger charge is -2.10. The molecule has 1 heterocycles. The number of nitrogens with zero attached hydrogens (tertiary/aromatic N) is 4. The summed E-state index contributed by atoms with van der Waals surface area (Å²) in [5.41, 5.74) is -1.69. The topological polar surface area (TPSA) is 53.9 Å². The number of rotatable bonds is 1. The lowest BCUT2D eigenvalue weighted by Crippen LogP contribution is -2.11. The van der Waals surface area contributed by atoms with Crippen LogP contribution in [0.4, 0.5) is 19.0 Å². The molecule has 1 rings (SSSR count). The Morgan fingerprint density at radius 1 is 1.47 bits per heavy atom. The molecular weight excluding hydrogens is 209 g/mol. The Labute approximate surface area is 82.8 Å². The first kappa shape index (κ1) is 10.9. The van der Waals surface area contributed by atoms with Crippen molar-refractivity contribution in [3.05, 3.63) is 29.0 Å². The smallest absolute Gasteiger partial charge is 0.360 e. The van der Waals surface area contributed by atoms with Crippen molar-refractivity contribution in [3.63, 3.8) is 0 Å². The van der Waals surface area contributed by atoms with Gasteiger partial charge in [0.2, 0.25) is 6.33 Å². The molecule has 0 amide bonds. The molecule has 0 saturated heterocycles. The van der Waals surface area contributed by atoms with Crippen LogP contribution >= 0.6 is 0 Å². The van der Waals surface area contributed by atoms with E-state index in [-0.39, 0.29) is 0 Å². The third-order valence-electron chi connectivity index (χ3n) is 1.54. The highest BCUT2D eigenvalue weighted by atomic mass is 19.4. The van der Waals surface area contributed by atoms with E-state index >= 15 is 0 Å². The highest BCUT2D eigenvalue weighted by Gasteiger charge is 2.37. The van der Waals surface area contributed by atoms with Crippen LogP contribution < -0.4 is 0 Å². The number of hydrogen-bond donors (Lipinski definition) is 0. The van der Waals surface area contributed by atoms with Crippen LogP contribution in [0.15, 0.2) is 6.33 Å². The first-order valence-electron chi connectivity index (χ1n) is 3.66. The van der Waals surface area contributed by atoms with Gasteiger partial charge < -0.3 is 4.85 Å². The van der Waals surface area contributed by atoms with Crippen molar-refractivity contribution in [3.8, 4) is 6.07 Å². The Bertz CT molecular complexity index is 452. The molecule has 0 aliphatic rings. The van der Waals surface area contributed by atoms with Crippen molar-refractivity contribution in [1.82, 2.24) is 9.97 Å². The van der Waals surface area contributed by atoms with Crippen molar-refractivity contribution < 1.29 is 13.2 Å². The van der Waals surface area contributed by atoms with Crippen molar-refractivity contribution >= 4 is 5.82 Å². The SMILES string of the molecule is [C-]#[N+]c1ncnc(CC#N)c1C(F)(F)F. The second-order valence-electron chi connectivity index (χ2n) is 2.46. The van der Waals surface area contributed by atoms with Gasteiger partial charge in [0.15, 0.2) is 0 Å². The normalized spacial score (nSPS) is 10.5. The van der Waals surface area contributed by atoms with E-state index in [1.807, 2.05) is 0 Å². The molecule has 0 fully saturated rings. The minimum Gasteiger partial charge on any atom is -0.360 e. The van der Waals surface area contributed by atoms with Crippen LogP contribution in [0.3, 0.4) is 0 Å². The minimum absolute atomic E-state index is 0.467. The molecule has 4 nitrogen and oxygen atoms in total. The standard InChI is InChI=1S/C8H3F3N4/c1-13-7-6(8(9,10)11)5(2-3-12)14-4-15-7/h4H,2H2. The zero-order chi connectivity index (χ0) is 11.5. The van der Waals surface area contributed by atoms with Crippen LogP contribution in [0.2, 0.25) is 0 Å². The Kier molecular flexibility index (Phi) is 2.86. The third-order valence-corrected chi connectivity index (χ3v) is 1.54. The van der Waals surface area contributed by atoms with E-state index in [0.29, 0.717) is 0 Å². The maximum absolute atomic E-state index is 12.5. The van der Waals surface area contributed by atoms with Crippen LogP contribution in [0.25, 0.3) is 4.85 Å². The Morgan fingerprint density at radius 2 is 2.13 bits per heavy atom. The van der Waals surface area contributed by atoms with Crippen LogP contribution in [-0.2, 0) is 12.6 Å². The molecule has 0 aromatic carbocycles. The second kappa shape index (κ2) is 3.93. The van der Waals surface area contributed by atoms with Gasteiger partial charge in [0.1, 0.15) is 5.56 Å². The molecule has 0 unspecified atom stereocenters. The number of halogens is 3. The van der Waals surface area contributed by atoms with Gasteiger partial charge in [0.25, 0.3) is 5.82 Å². The first-order valence-corrected chi connectivity index (χ1v) is 3.66. The number of nitriles is 1. The van der Waals surface area contributed by atoms with Crippen molar-refractivity contribution in [2.45, 2.75) is 12.6 Å². The first-order chi connectivity index (χ1) is 7.00. The van der Waals surface area contributed by atoms with Gasteiger partial charge in [-0.1, -0.05) is 6.57 Å². The summed E-state index contributed by atoms with van der Waals surface area (Å²) in [5.74, 6) is -0.775. The van der Waals surface area contributed by atoms with E-state index in [4.69, 9.17) is 11.8 Å². The maximum Gasteiger partial charge on any atom is 0.410 e. The molecule has 0 N–H and O–H groups in total. The summed E-state index contributed by atoms with van der Waals surface area (Å²) in [4.78, 5) is 9.21. The summed E-state index contributed by atoms with van der Waals surface area (Å²) >= 11 is 0. The molecule has 0 aliphatic heterocycles. The molecule has 0 bridgehead atoms. The predicted molar refractivity (Wildman–Crippen MR) is 42.6 cm³/mol. The van der Waals surface area contributed by atoms with Gasteiger partial charge in [-0.2, -0.15) is 18.4 Å². The maximum atomic E-state index is 12.5. The monoisotopic (exact) mass is 212 g/mol. The molecule has 0 aliphatic carbocycles. The molecule has 15 heavy (non-hydrogen) atoms. The van der Waals surface area contributed by atoms with E-state index in [1.165, 1.54) is 0 Å². The highest BCUT2D eigenvalue weighted by Crippen LogP contribution is 2.36. The van der Waals surface area contributed by atoms with Crippen LogP contribution in [0, 0.1) is 17.9 Å². The molecule has 76 valence electrons. The van der Waals surface area contributed by atoms with Gasteiger partial charge in [0.05, 0.1) is 18.2 Å². The quantitative estimate of drug-likeness (QED) is 0.670. The van der Waals surface area contributed by atoms with E-state index in [0.717, 1.165) is 6.33 Å². The van der Waals surface area contributed by atoms with E-state index in [9.17, 15) is 13.2 Å². The Hall–Kier alpha value is -2.15. The fourth-order valence-electron chi connectivity index (χ4n) is 0.995. The van der Waals surface area contributed by atoms with Gasteiger partial charge >= 0.3 is 6.18 Å². The van der Waals surface area contributed by atoms with Crippen LogP contribution in [0.5, 0.6) is 0 Å². The lowest BCUT2D eigenvalue weighted by molar-refractivity contribution is -0.137. The number of alkyl halides is 3. The largest absolute Gasteiger partial charge is 0.410 e. The zero-order valence-electron chi connectivity index (χ0n) is 7.21. The average molecular weight is 212 g/mol. The summed E-state index contributed by atoms with van der Waals surface area (Å²) in [7, 11) is 0. The fraction of sp³-hybridized carbons (Fsp3) is 0.250. The number of aromatic nitrogens is 2. The summed E-state index contributed by atoms with van der Waals surface area (Å²) in [6.07, 6.45) is -4.37.